The van der Waals surface area contributed by atoms with E-state index < -0.39 is 0 Å². The number of aromatic nitrogens is 2. The molecule has 0 bridgehead atoms. The largest absolute Gasteiger partial charge is 0.335 e. The van der Waals surface area contributed by atoms with Crippen molar-refractivity contribution in [2.45, 2.75) is 0 Å². The Morgan fingerprint density at radius 1 is 0.812 bits per heavy atom. The van der Waals surface area contributed by atoms with Gasteiger partial charge in [-0.05, 0) is 12.1 Å². The van der Waals surface area contributed by atoms with Gasteiger partial charge in [-0.15, -0.1) is 0 Å². The molecule has 6 heteroatoms. The molecule has 0 saturated heterocycles. The number of rotatable bonds is 0. The van der Waals surface area contributed by atoms with Gasteiger partial charge in [0.1, 0.15) is 0 Å². The number of halogens is 2. The SMILES string of the molecule is Clc1nc2c(nc1Cl)Nc1ccccc1N2. The Morgan fingerprint density at radius 3 is 1.69 bits per heavy atom. The third-order valence-electron chi connectivity index (χ3n) is 2.25. The zero-order valence-corrected chi connectivity index (χ0v) is 9.47. The van der Waals surface area contributed by atoms with E-state index in [0.717, 1.165) is 11.4 Å². The molecule has 1 aliphatic rings. The summed E-state index contributed by atoms with van der Waals surface area (Å²) >= 11 is 11.6. The van der Waals surface area contributed by atoms with E-state index in [-0.39, 0.29) is 10.3 Å². The Labute approximate surface area is 102 Å². The van der Waals surface area contributed by atoms with Crippen LogP contribution in [0.15, 0.2) is 24.3 Å². The van der Waals surface area contributed by atoms with Crippen LogP contribution in [0.3, 0.4) is 0 Å². The van der Waals surface area contributed by atoms with Crippen molar-refractivity contribution < 1.29 is 0 Å². The first-order chi connectivity index (χ1) is 7.74. The Hall–Kier alpha value is -1.52. The van der Waals surface area contributed by atoms with Crippen molar-refractivity contribution in [1.29, 1.82) is 0 Å². The molecule has 0 unspecified atom stereocenters. The summed E-state index contributed by atoms with van der Waals surface area (Å²) in [6, 6.07) is 7.75. The van der Waals surface area contributed by atoms with Gasteiger partial charge < -0.3 is 10.6 Å². The van der Waals surface area contributed by atoms with Gasteiger partial charge in [0.15, 0.2) is 21.9 Å². The summed E-state index contributed by atoms with van der Waals surface area (Å²) in [6.45, 7) is 0. The molecule has 2 heterocycles. The highest BCUT2D eigenvalue weighted by Gasteiger charge is 2.18. The zero-order valence-electron chi connectivity index (χ0n) is 7.96. The third-order valence-corrected chi connectivity index (χ3v) is 2.87. The van der Waals surface area contributed by atoms with Crippen LogP contribution in [0.1, 0.15) is 0 Å². The van der Waals surface area contributed by atoms with E-state index in [0.29, 0.717) is 11.6 Å². The highest BCUT2D eigenvalue weighted by Crippen LogP contribution is 2.37. The summed E-state index contributed by atoms with van der Waals surface area (Å²) in [5, 5.41) is 6.64. The lowest BCUT2D eigenvalue weighted by Gasteiger charge is -2.21. The molecule has 80 valence electrons. The van der Waals surface area contributed by atoms with Crippen molar-refractivity contribution in [3.8, 4) is 0 Å². The summed E-state index contributed by atoms with van der Waals surface area (Å²) < 4.78 is 0. The Morgan fingerprint density at radius 2 is 1.25 bits per heavy atom. The minimum absolute atomic E-state index is 0.189. The second-order valence-corrected chi connectivity index (χ2v) is 4.01. The van der Waals surface area contributed by atoms with E-state index >= 15 is 0 Å². The molecule has 0 fully saturated rings. The van der Waals surface area contributed by atoms with Gasteiger partial charge in [0.25, 0.3) is 0 Å². The number of nitrogens with one attached hydrogen (secondary N) is 2. The number of anilines is 4. The minimum atomic E-state index is 0.189. The third kappa shape index (κ3) is 1.47. The van der Waals surface area contributed by atoms with Gasteiger partial charge in [0.05, 0.1) is 11.4 Å². The molecule has 0 aliphatic carbocycles. The predicted molar refractivity (Wildman–Crippen MR) is 65.1 cm³/mol. The number of hydrogen-bond acceptors (Lipinski definition) is 4. The van der Waals surface area contributed by atoms with Gasteiger partial charge >= 0.3 is 0 Å². The molecule has 3 rings (SSSR count). The van der Waals surface area contributed by atoms with Crippen molar-refractivity contribution >= 4 is 46.2 Å². The topological polar surface area (TPSA) is 49.8 Å². The Bertz CT molecular complexity index is 521. The quantitative estimate of drug-likeness (QED) is 0.642. The summed E-state index contributed by atoms with van der Waals surface area (Å²) in [6.07, 6.45) is 0. The molecule has 4 nitrogen and oxygen atoms in total. The van der Waals surface area contributed by atoms with E-state index in [1.54, 1.807) is 0 Å². The molecule has 0 spiro atoms. The van der Waals surface area contributed by atoms with Crippen LogP contribution >= 0.6 is 23.2 Å². The van der Waals surface area contributed by atoms with Crippen LogP contribution in [-0.2, 0) is 0 Å². The minimum Gasteiger partial charge on any atom is -0.335 e. The van der Waals surface area contributed by atoms with Crippen LogP contribution < -0.4 is 10.6 Å². The standard InChI is InChI=1S/C10H6Cl2N4/c11-7-8(12)16-10-9(15-7)13-5-3-1-2-4-6(5)14-10/h1-4H,(H,13,15)(H,14,16). The van der Waals surface area contributed by atoms with E-state index in [9.17, 15) is 0 Å². The molecule has 0 amide bonds. The molecule has 2 aromatic rings. The number of nitrogens with zero attached hydrogens (tertiary/aromatic N) is 2. The predicted octanol–water partition coefficient (Wildman–Crippen LogP) is 3.58. The van der Waals surface area contributed by atoms with Crippen LogP contribution in [0.25, 0.3) is 0 Å². The average molecular weight is 253 g/mol. The number of hydrogen-bond donors (Lipinski definition) is 2. The number of benzene rings is 1. The monoisotopic (exact) mass is 252 g/mol. The van der Waals surface area contributed by atoms with Gasteiger partial charge in [-0.3, -0.25) is 0 Å². The number of para-hydroxylation sites is 2. The normalized spacial score (nSPS) is 12.1. The Balaban J connectivity index is 2.12. The van der Waals surface area contributed by atoms with Crippen LogP contribution in [0, 0.1) is 0 Å². The van der Waals surface area contributed by atoms with Crippen LogP contribution in [0.2, 0.25) is 10.3 Å². The molecule has 16 heavy (non-hydrogen) atoms. The second-order valence-electron chi connectivity index (χ2n) is 3.30. The van der Waals surface area contributed by atoms with Crippen molar-refractivity contribution in [2.24, 2.45) is 0 Å². The van der Waals surface area contributed by atoms with Gasteiger partial charge in [-0.2, -0.15) is 0 Å². The van der Waals surface area contributed by atoms with E-state index in [2.05, 4.69) is 20.6 Å². The van der Waals surface area contributed by atoms with Gasteiger partial charge in [0, 0.05) is 0 Å². The van der Waals surface area contributed by atoms with Crippen molar-refractivity contribution in [1.82, 2.24) is 9.97 Å². The zero-order chi connectivity index (χ0) is 11.1. The smallest absolute Gasteiger partial charge is 0.175 e. The highest BCUT2D eigenvalue weighted by atomic mass is 35.5. The summed E-state index contributed by atoms with van der Waals surface area (Å²) in [4.78, 5) is 8.22. The van der Waals surface area contributed by atoms with Crippen LogP contribution in [-0.4, -0.2) is 9.97 Å². The molecular weight excluding hydrogens is 247 g/mol. The van der Waals surface area contributed by atoms with Gasteiger partial charge in [-0.25, -0.2) is 9.97 Å². The van der Waals surface area contributed by atoms with E-state index in [1.807, 2.05) is 24.3 Å². The maximum absolute atomic E-state index is 5.80. The van der Waals surface area contributed by atoms with Crippen molar-refractivity contribution in [2.75, 3.05) is 10.6 Å². The summed E-state index contributed by atoms with van der Waals surface area (Å²) in [5.41, 5.74) is 1.87. The first kappa shape index (κ1) is 9.69. The molecule has 0 radical (unpaired) electrons. The van der Waals surface area contributed by atoms with Crippen molar-refractivity contribution in [3.63, 3.8) is 0 Å². The highest BCUT2D eigenvalue weighted by molar-refractivity contribution is 6.40. The molecule has 0 saturated carbocycles. The summed E-state index contributed by atoms with van der Waals surface area (Å²) in [5.74, 6) is 1.15. The van der Waals surface area contributed by atoms with Crippen molar-refractivity contribution in [3.05, 3.63) is 34.6 Å². The van der Waals surface area contributed by atoms with E-state index in [1.165, 1.54) is 0 Å². The molecular formula is C10H6Cl2N4. The molecule has 1 aromatic heterocycles. The molecule has 1 aliphatic heterocycles. The first-order valence-electron chi connectivity index (χ1n) is 4.60. The lowest BCUT2D eigenvalue weighted by atomic mass is 10.2. The average Bonchev–Trinajstić information content (AvgIpc) is 2.28. The lowest BCUT2D eigenvalue weighted by Crippen LogP contribution is -2.09. The van der Waals surface area contributed by atoms with Crippen LogP contribution in [0.4, 0.5) is 23.0 Å². The first-order valence-corrected chi connectivity index (χ1v) is 5.36. The van der Waals surface area contributed by atoms with Gasteiger partial charge in [0.2, 0.25) is 0 Å². The molecule has 0 atom stereocenters. The maximum atomic E-state index is 5.80. The second kappa shape index (κ2) is 3.50. The summed E-state index contributed by atoms with van der Waals surface area (Å²) in [7, 11) is 0. The molecule has 2 N–H and O–H groups in total. The fourth-order valence-electron chi connectivity index (χ4n) is 1.53. The number of fused-ring (bicyclic) bond motifs is 2. The Kier molecular flexibility index (Phi) is 2.12. The lowest BCUT2D eigenvalue weighted by molar-refractivity contribution is 1.18. The van der Waals surface area contributed by atoms with Gasteiger partial charge in [-0.1, -0.05) is 35.3 Å². The van der Waals surface area contributed by atoms with Crippen LogP contribution in [0.5, 0.6) is 0 Å². The fraction of sp³-hybridized carbons (Fsp3) is 0. The van der Waals surface area contributed by atoms with E-state index in [4.69, 9.17) is 23.2 Å². The maximum Gasteiger partial charge on any atom is 0.175 e. The molecule has 1 aromatic carbocycles. The fourth-order valence-corrected chi connectivity index (χ4v) is 1.78.